The van der Waals surface area contributed by atoms with Crippen LogP contribution in [-0.4, -0.2) is 32.2 Å². The molecule has 27 heavy (non-hydrogen) atoms. The fourth-order valence-electron chi connectivity index (χ4n) is 2.63. The molecule has 9 nitrogen and oxygen atoms in total. The van der Waals surface area contributed by atoms with E-state index in [-0.39, 0.29) is 25.7 Å². The Morgan fingerprint density at radius 1 is 1.22 bits per heavy atom. The van der Waals surface area contributed by atoms with Crippen LogP contribution in [0.1, 0.15) is 16.7 Å². The Bertz CT molecular complexity index is 867. The van der Waals surface area contributed by atoms with E-state index in [1.54, 1.807) is 32.4 Å². The van der Waals surface area contributed by atoms with Crippen LogP contribution in [-0.2, 0) is 22.8 Å². The number of oxime groups is 1. The molecule has 0 saturated carbocycles. The summed E-state index contributed by atoms with van der Waals surface area (Å²) in [6, 6.07) is 8.15. The first kappa shape index (κ1) is 18.5. The summed E-state index contributed by atoms with van der Waals surface area (Å²) >= 11 is 0. The van der Waals surface area contributed by atoms with E-state index in [0.29, 0.717) is 28.4 Å². The average Bonchev–Trinajstić information content (AvgIpc) is 2.70. The number of rotatable bonds is 7. The van der Waals surface area contributed by atoms with Gasteiger partial charge in [0.15, 0.2) is 18.3 Å². The van der Waals surface area contributed by atoms with Crippen LogP contribution in [0.4, 0.5) is 5.69 Å². The van der Waals surface area contributed by atoms with Gasteiger partial charge in [-0.05, 0) is 18.2 Å². The Hall–Kier alpha value is -3.33. The van der Waals surface area contributed by atoms with E-state index in [1.807, 2.05) is 0 Å². The van der Waals surface area contributed by atoms with Crippen molar-refractivity contribution in [3.8, 4) is 17.2 Å². The summed E-state index contributed by atoms with van der Waals surface area (Å²) < 4.78 is 21.0. The minimum Gasteiger partial charge on any atom is -0.493 e. The van der Waals surface area contributed by atoms with Crippen molar-refractivity contribution in [2.75, 3.05) is 21.0 Å². The molecule has 1 aliphatic rings. The van der Waals surface area contributed by atoms with Crippen molar-refractivity contribution >= 4 is 11.9 Å². The molecule has 0 aliphatic carbocycles. The molecule has 0 atom stereocenters. The molecular weight excluding hydrogens is 356 g/mol. The van der Waals surface area contributed by atoms with Crippen molar-refractivity contribution in [1.82, 2.24) is 0 Å². The number of ether oxygens (including phenoxy) is 4. The Kier molecular flexibility index (Phi) is 5.72. The second-order valence-corrected chi connectivity index (χ2v) is 5.58. The number of nitro groups is 1. The van der Waals surface area contributed by atoms with Crippen molar-refractivity contribution in [1.29, 1.82) is 0 Å². The quantitative estimate of drug-likeness (QED) is 0.417. The van der Waals surface area contributed by atoms with Gasteiger partial charge in [0.1, 0.15) is 12.4 Å². The van der Waals surface area contributed by atoms with Gasteiger partial charge < -0.3 is 23.8 Å². The summed E-state index contributed by atoms with van der Waals surface area (Å²) in [4.78, 5) is 15.9. The molecule has 9 heteroatoms. The van der Waals surface area contributed by atoms with Crippen molar-refractivity contribution in [2.45, 2.75) is 13.2 Å². The highest BCUT2D eigenvalue weighted by Gasteiger charge is 2.21. The first-order valence-corrected chi connectivity index (χ1v) is 8.00. The van der Waals surface area contributed by atoms with Gasteiger partial charge in [-0.2, -0.15) is 0 Å². The zero-order chi connectivity index (χ0) is 19.2. The highest BCUT2D eigenvalue weighted by Crippen LogP contribution is 2.33. The number of hydrogen-bond donors (Lipinski definition) is 0. The lowest BCUT2D eigenvalue weighted by atomic mass is 10.1. The maximum absolute atomic E-state index is 11.1. The molecule has 0 bridgehead atoms. The lowest BCUT2D eigenvalue weighted by Crippen LogP contribution is -2.13. The lowest BCUT2D eigenvalue weighted by molar-refractivity contribution is -0.385. The summed E-state index contributed by atoms with van der Waals surface area (Å²) in [6.07, 6.45) is 1.51. The van der Waals surface area contributed by atoms with Crippen molar-refractivity contribution in [3.05, 3.63) is 57.1 Å². The predicted molar refractivity (Wildman–Crippen MR) is 95.3 cm³/mol. The third kappa shape index (κ3) is 4.26. The number of hydrogen-bond acceptors (Lipinski definition) is 8. The summed E-state index contributed by atoms with van der Waals surface area (Å²) in [5.74, 6) is 1.72. The van der Waals surface area contributed by atoms with E-state index in [9.17, 15) is 10.1 Å². The van der Waals surface area contributed by atoms with E-state index >= 15 is 0 Å². The van der Waals surface area contributed by atoms with Crippen molar-refractivity contribution < 1.29 is 28.7 Å². The van der Waals surface area contributed by atoms with Gasteiger partial charge in [0.25, 0.3) is 5.69 Å². The van der Waals surface area contributed by atoms with Crippen LogP contribution >= 0.6 is 0 Å². The number of nitrogens with zero attached hydrogens (tertiary/aromatic N) is 2. The van der Waals surface area contributed by atoms with Gasteiger partial charge in [-0.25, -0.2) is 0 Å². The molecule has 1 aliphatic heterocycles. The monoisotopic (exact) mass is 374 g/mol. The topological polar surface area (TPSA) is 102 Å². The largest absolute Gasteiger partial charge is 0.493 e. The van der Waals surface area contributed by atoms with Gasteiger partial charge in [-0.1, -0.05) is 5.16 Å². The molecule has 0 aromatic heterocycles. The number of non-ortho nitro benzene ring substituents is 1. The van der Waals surface area contributed by atoms with E-state index in [4.69, 9.17) is 23.8 Å². The van der Waals surface area contributed by atoms with E-state index in [1.165, 1.54) is 18.3 Å². The van der Waals surface area contributed by atoms with Crippen LogP contribution in [0, 0.1) is 10.1 Å². The second-order valence-electron chi connectivity index (χ2n) is 5.58. The van der Waals surface area contributed by atoms with Crippen LogP contribution in [0.2, 0.25) is 0 Å². The summed E-state index contributed by atoms with van der Waals surface area (Å²) in [5, 5.41) is 15.0. The summed E-state index contributed by atoms with van der Waals surface area (Å²) in [6.45, 7) is 0.361. The Morgan fingerprint density at radius 2 is 2.04 bits per heavy atom. The van der Waals surface area contributed by atoms with Crippen LogP contribution in [0.5, 0.6) is 17.2 Å². The van der Waals surface area contributed by atoms with Gasteiger partial charge in [0.05, 0.1) is 32.0 Å². The summed E-state index contributed by atoms with van der Waals surface area (Å²) in [5.41, 5.74) is 1.84. The first-order valence-electron chi connectivity index (χ1n) is 8.00. The van der Waals surface area contributed by atoms with Crippen molar-refractivity contribution in [3.63, 3.8) is 0 Å². The van der Waals surface area contributed by atoms with Gasteiger partial charge in [0, 0.05) is 28.8 Å². The Morgan fingerprint density at radius 3 is 2.78 bits per heavy atom. The molecule has 0 amide bonds. The van der Waals surface area contributed by atoms with Gasteiger partial charge in [0.2, 0.25) is 0 Å². The molecule has 0 radical (unpaired) electrons. The van der Waals surface area contributed by atoms with E-state index in [0.717, 1.165) is 5.56 Å². The van der Waals surface area contributed by atoms with E-state index < -0.39 is 4.92 Å². The fraction of sp³-hybridized carbons (Fsp3) is 0.278. The average molecular weight is 374 g/mol. The molecule has 1 heterocycles. The minimum absolute atomic E-state index is 0.0216. The molecule has 142 valence electrons. The molecule has 3 rings (SSSR count). The Balaban J connectivity index is 1.72. The maximum atomic E-state index is 11.1. The van der Waals surface area contributed by atoms with Gasteiger partial charge >= 0.3 is 0 Å². The number of benzene rings is 2. The van der Waals surface area contributed by atoms with Crippen LogP contribution in [0.3, 0.4) is 0 Å². The van der Waals surface area contributed by atoms with Crippen LogP contribution < -0.4 is 14.2 Å². The molecule has 2 aromatic carbocycles. The number of methoxy groups -OCH3 is 2. The SMILES string of the molecule is COc1ccc(/C=N\OCc2cc([N+](=O)[O-])cc3c2OCOC3)cc1OC. The predicted octanol–water partition coefficient (Wildman–Crippen LogP) is 3.03. The minimum atomic E-state index is -0.467. The molecule has 0 saturated heterocycles. The number of fused-ring (bicyclic) bond motifs is 1. The molecular formula is C18H18N2O7. The zero-order valence-corrected chi connectivity index (χ0v) is 14.8. The molecule has 0 N–H and O–H groups in total. The van der Waals surface area contributed by atoms with E-state index in [2.05, 4.69) is 5.16 Å². The smallest absolute Gasteiger partial charge is 0.270 e. The molecule has 0 unspecified atom stereocenters. The van der Waals surface area contributed by atoms with Crippen LogP contribution in [0.15, 0.2) is 35.5 Å². The third-order valence-electron chi connectivity index (χ3n) is 3.89. The maximum Gasteiger partial charge on any atom is 0.270 e. The fourth-order valence-corrected chi connectivity index (χ4v) is 2.63. The van der Waals surface area contributed by atoms with Gasteiger partial charge in [-0.15, -0.1) is 0 Å². The highest BCUT2D eigenvalue weighted by molar-refractivity contribution is 5.80. The normalized spacial score (nSPS) is 13.0. The van der Waals surface area contributed by atoms with Crippen LogP contribution in [0.25, 0.3) is 0 Å². The second kappa shape index (κ2) is 8.37. The lowest BCUT2D eigenvalue weighted by Gasteiger charge is -2.20. The molecule has 2 aromatic rings. The number of nitro benzene ring substituents is 1. The Labute approximate surface area is 155 Å². The summed E-state index contributed by atoms with van der Waals surface area (Å²) in [7, 11) is 3.10. The third-order valence-corrected chi connectivity index (χ3v) is 3.89. The molecule has 0 spiro atoms. The zero-order valence-electron chi connectivity index (χ0n) is 14.8. The first-order chi connectivity index (χ1) is 13.1. The molecule has 0 fully saturated rings. The standard InChI is InChI=1S/C18H18N2O7/c1-23-16-4-3-12(5-17(16)24-2)8-19-27-10-14-7-15(20(21)22)6-13-9-25-11-26-18(13)14/h3-8H,9-11H2,1-2H3/b19-8-. The van der Waals surface area contributed by atoms with Crippen molar-refractivity contribution in [2.24, 2.45) is 5.16 Å². The highest BCUT2D eigenvalue weighted by atomic mass is 16.7. The van der Waals surface area contributed by atoms with Gasteiger partial charge in [-0.3, -0.25) is 10.1 Å².